The summed E-state index contributed by atoms with van der Waals surface area (Å²) in [4.78, 5) is 0. The molecule has 0 saturated carbocycles. The number of benzene rings is 2. The minimum Gasteiger partial charge on any atom is -0.401 e. The third kappa shape index (κ3) is 6.68. The maximum atomic E-state index is 6.87. The van der Waals surface area contributed by atoms with E-state index in [0.717, 1.165) is 6.42 Å². The molecular weight excluding hydrogens is 380 g/mol. The summed E-state index contributed by atoms with van der Waals surface area (Å²) in [5.74, 6) is 0. The third-order valence-corrected chi connectivity index (χ3v) is 8.84. The van der Waals surface area contributed by atoms with Crippen molar-refractivity contribution in [1.82, 2.24) is 0 Å². The third-order valence-electron chi connectivity index (χ3n) is 5.74. The molecule has 0 unspecified atom stereocenters. The van der Waals surface area contributed by atoms with Gasteiger partial charge in [0, 0.05) is 0 Å². The highest BCUT2D eigenvalue weighted by Crippen LogP contribution is 2.14. The van der Waals surface area contributed by atoms with Crippen LogP contribution in [-0.2, 0) is 4.43 Å². The second kappa shape index (κ2) is 11.7. The second-order valence-corrected chi connectivity index (χ2v) is 10.9. The Labute approximate surface area is 187 Å². The van der Waals surface area contributed by atoms with Crippen molar-refractivity contribution in [1.29, 1.82) is 0 Å². The molecule has 0 bridgehead atoms. The summed E-state index contributed by atoms with van der Waals surface area (Å²) in [6, 6.07) is 9.24. The standard InChI is InChI=1S/C28H41OSi/c1-9-10-11-12-13-14-15-26(8)29-30(27-22(4)16-20(2)17-23(27)5)28-24(6)18-21(3)19-25(28)7/h14-19,26H,9-13H2,1-8H3/b15-14+/t26-/m0/s1. The summed E-state index contributed by atoms with van der Waals surface area (Å²) in [5, 5.41) is 2.84. The van der Waals surface area contributed by atoms with Crippen LogP contribution in [0.5, 0.6) is 0 Å². The van der Waals surface area contributed by atoms with Crippen molar-refractivity contribution in [2.24, 2.45) is 0 Å². The van der Waals surface area contributed by atoms with Crippen LogP contribution in [0.15, 0.2) is 36.4 Å². The molecule has 2 aromatic rings. The number of unbranched alkanes of at least 4 members (excludes halogenated alkanes) is 4. The fraction of sp³-hybridized carbons (Fsp3) is 0.500. The predicted molar refractivity (Wildman–Crippen MR) is 135 cm³/mol. The van der Waals surface area contributed by atoms with Crippen molar-refractivity contribution in [3.63, 3.8) is 0 Å². The zero-order valence-electron chi connectivity index (χ0n) is 20.5. The molecule has 0 heterocycles. The Morgan fingerprint density at radius 2 is 1.23 bits per heavy atom. The van der Waals surface area contributed by atoms with Crippen LogP contribution in [0.2, 0.25) is 0 Å². The van der Waals surface area contributed by atoms with Gasteiger partial charge in [0.1, 0.15) is 0 Å². The number of hydrogen-bond acceptors (Lipinski definition) is 1. The van der Waals surface area contributed by atoms with Gasteiger partial charge in [-0.2, -0.15) is 0 Å². The fourth-order valence-electron chi connectivity index (χ4n) is 4.52. The van der Waals surface area contributed by atoms with Gasteiger partial charge in [-0.05, 0) is 93.9 Å². The van der Waals surface area contributed by atoms with Gasteiger partial charge in [-0.25, -0.2) is 0 Å². The molecule has 30 heavy (non-hydrogen) atoms. The first kappa shape index (κ1) is 24.6. The molecule has 163 valence electrons. The number of aryl methyl sites for hydroxylation is 6. The van der Waals surface area contributed by atoms with Gasteiger partial charge < -0.3 is 4.43 Å². The Balaban J connectivity index is 2.36. The summed E-state index contributed by atoms with van der Waals surface area (Å²) in [6.45, 7) is 17.8. The number of hydrogen-bond donors (Lipinski definition) is 0. The van der Waals surface area contributed by atoms with Gasteiger partial charge in [-0.15, -0.1) is 0 Å². The van der Waals surface area contributed by atoms with Crippen molar-refractivity contribution in [2.45, 2.75) is 93.6 Å². The molecule has 0 fully saturated rings. The average molecular weight is 422 g/mol. The van der Waals surface area contributed by atoms with Crippen LogP contribution in [-0.4, -0.2) is 15.1 Å². The van der Waals surface area contributed by atoms with Gasteiger partial charge >= 0.3 is 0 Å². The maximum Gasteiger partial charge on any atom is 0.284 e. The first-order valence-corrected chi connectivity index (χ1v) is 13.0. The SMILES string of the molecule is CCCCCC/C=C/[C@H](C)O[Si](c1c(C)cc(C)cc1C)c1c(C)cc(C)cc1C. The first-order valence-electron chi connectivity index (χ1n) is 11.6. The number of allylic oxidation sites excluding steroid dienone is 1. The quantitative estimate of drug-likeness (QED) is 0.239. The van der Waals surface area contributed by atoms with E-state index < -0.39 is 9.04 Å². The summed E-state index contributed by atoms with van der Waals surface area (Å²) in [5.41, 5.74) is 8.08. The van der Waals surface area contributed by atoms with Crippen LogP contribution < -0.4 is 10.4 Å². The number of rotatable bonds is 10. The van der Waals surface area contributed by atoms with Gasteiger partial charge in [0.15, 0.2) is 0 Å². The molecule has 2 heteroatoms. The molecule has 0 N–H and O–H groups in total. The Bertz CT molecular complexity index is 761. The van der Waals surface area contributed by atoms with Crippen LogP contribution in [0, 0.1) is 41.5 Å². The van der Waals surface area contributed by atoms with E-state index in [4.69, 9.17) is 4.43 Å². The predicted octanol–water partition coefficient (Wildman–Crippen LogP) is 6.57. The summed E-state index contributed by atoms with van der Waals surface area (Å²) in [6.07, 6.45) is 11.1. The van der Waals surface area contributed by atoms with Crippen molar-refractivity contribution in [3.8, 4) is 0 Å². The first-order chi connectivity index (χ1) is 14.2. The molecule has 0 spiro atoms. The zero-order chi connectivity index (χ0) is 22.3. The van der Waals surface area contributed by atoms with E-state index in [1.807, 2.05) is 0 Å². The Hall–Kier alpha value is -1.64. The molecule has 2 aromatic carbocycles. The molecule has 0 aromatic heterocycles. The smallest absolute Gasteiger partial charge is 0.284 e. The maximum absolute atomic E-state index is 6.87. The summed E-state index contributed by atoms with van der Waals surface area (Å²) >= 11 is 0. The fourth-order valence-corrected chi connectivity index (χ4v) is 7.18. The second-order valence-electron chi connectivity index (χ2n) is 8.98. The van der Waals surface area contributed by atoms with Gasteiger partial charge in [-0.3, -0.25) is 0 Å². The molecule has 2 rings (SSSR count). The van der Waals surface area contributed by atoms with Crippen LogP contribution in [0.3, 0.4) is 0 Å². The van der Waals surface area contributed by atoms with E-state index in [2.05, 4.69) is 91.8 Å². The lowest BCUT2D eigenvalue weighted by molar-refractivity contribution is 0.282. The molecular formula is C28H41OSi. The molecule has 1 radical (unpaired) electrons. The van der Waals surface area contributed by atoms with Gasteiger partial charge in [0.25, 0.3) is 9.04 Å². The van der Waals surface area contributed by atoms with Crippen molar-refractivity contribution < 1.29 is 4.43 Å². The summed E-state index contributed by atoms with van der Waals surface area (Å²) in [7, 11) is -1.35. The van der Waals surface area contributed by atoms with Crippen LogP contribution in [0.25, 0.3) is 0 Å². The Morgan fingerprint density at radius 3 is 1.67 bits per heavy atom. The van der Waals surface area contributed by atoms with E-state index in [1.54, 1.807) is 0 Å². The highest BCUT2D eigenvalue weighted by Gasteiger charge is 2.28. The lowest BCUT2D eigenvalue weighted by Gasteiger charge is -2.26. The van der Waals surface area contributed by atoms with Crippen molar-refractivity contribution in [3.05, 3.63) is 69.8 Å². The molecule has 1 atom stereocenters. The van der Waals surface area contributed by atoms with Crippen LogP contribution in [0.1, 0.15) is 79.3 Å². The molecule has 0 aliphatic carbocycles. The van der Waals surface area contributed by atoms with Crippen molar-refractivity contribution in [2.75, 3.05) is 0 Å². The lowest BCUT2D eigenvalue weighted by Crippen LogP contribution is -2.51. The van der Waals surface area contributed by atoms with Gasteiger partial charge in [0.05, 0.1) is 6.10 Å². The molecule has 1 nitrogen and oxygen atoms in total. The van der Waals surface area contributed by atoms with Crippen molar-refractivity contribution >= 4 is 19.4 Å². The minimum absolute atomic E-state index is 0.116. The van der Waals surface area contributed by atoms with Crippen LogP contribution >= 0.6 is 0 Å². The van der Waals surface area contributed by atoms with E-state index >= 15 is 0 Å². The minimum atomic E-state index is -1.35. The molecule has 0 aliphatic rings. The van der Waals surface area contributed by atoms with E-state index in [1.165, 1.54) is 69.4 Å². The van der Waals surface area contributed by atoms with E-state index in [9.17, 15) is 0 Å². The summed E-state index contributed by atoms with van der Waals surface area (Å²) < 4.78 is 6.87. The largest absolute Gasteiger partial charge is 0.401 e. The Morgan fingerprint density at radius 1 is 0.767 bits per heavy atom. The molecule has 0 saturated heterocycles. The lowest BCUT2D eigenvalue weighted by atomic mass is 10.1. The molecule has 0 amide bonds. The van der Waals surface area contributed by atoms with Gasteiger partial charge in [0.2, 0.25) is 0 Å². The average Bonchev–Trinajstić information content (AvgIpc) is 2.62. The Kier molecular flexibility index (Phi) is 9.58. The highest BCUT2D eigenvalue weighted by molar-refractivity contribution is 6.81. The highest BCUT2D eigenvalue weighted by atomic mass is 28.3. The van der Waals surface area contributed by atoms with E-state index in [-0.39, 0.29) is 6.10 Å². The zero-order valence-corrected chi connectivity index (χ0v) is 21.5. The molecule has 0 aliphatic heterocycles. The monoisotopic (exact) mass is 421 g/mol. The topological polar surface area (TPSA) is 9.23 Å². The van der Waals surface area contributed by atoms with E-state index in [0.29, 0.717) is 0 Å². The normalized spacial score (nSPS) is 12.8. The van der Waals surface area contributed by atoms with Gasteiger partial charge in [-0.1, -0.05) is 73.7 Å². The van der Waals surface area contributed by atoms with Crippen LogP contribution in [0.4, 0.5) is 0 Å².